The number of hydrogen-bond acceptors (Lipinski definition) is 5. The Kier molecular flexibility index (Phi) is 7.15. The second-order valence-electron chi connectivity index (χ2n) is 4.22. The molecule has 5 heteroatoms. The zero-order valence-electron chi connectivity index (χ0n) is 11.3. The van der Waals surface area contributed by atoms with Crippen LogP contribution in [-0.4, -0.2) is 40.4 Å². The van der Waals surface area contributed by atoms with Crippen LogP contribution in [0.2, 0.25) is 0 Å². The van der Waals surface area contributed by atoms with Gasteiger partial charge in [0.1, 0.15) is 5.92 Å². The third kappa shape index (κ3) is 3.92. The first-order valence-electron chi connectivity index (χ1n) is 6.59. The zero-order chi connectivity index (χ0) is 13.5. The number of ketones is 1. The van der Waals surface area contributed by atoms with Gasteiger partial charge in [-0.1, -0.05) is 13.8 Å². The summed E-state index contributed by atoms with van der Waals surface area (Å²) in [6.45, 7) is 6.09. The van der Waals surface area contributed by atoms with Crippen molar-refractivity contribution in [1.82, 2.24) is 0 Å². The topological polar surface area (TPSA) is 43.4 Å². The highest BCUT2D eigenvalue weighted by atomic mass is 32.2. The van der Waals surface area contributed by atoms with Gasteiger partial charge >= 0.3 is 5.97 Å². The van der Waals surface area contributed by atoms with E-state index in [0.29, 0.717) is 18.3 Å². The van der Waals surface area contributed by atoms with Crippen molar-refractivity contribution in [1.29, 1.82) is 0 Å². The normalized spacial score (nSPS) is 25.5. The maximum absolute atomic E-state index is 12.5. The lowest BCUT2D eigenvalue weighted by Crippen LogP contribution is -2.40. The number of rotatable bonds is 6. The molecule has 0 aromatic heterocycles. The monoisotopic (exact) mass is 290 g/mol. The lowest BCUT2D eigenvalue weighted by Gasteiger charge is -2.30. The van der Waals surface area contributed by atoms with Gasteiger partial charge in [-0.3, -0.25) is 9.59 Å². The molecule has 0 spiro atoms. The Labute approximate surface area is 118 Å². The van der Waals surface area contributed by atoms with Gasteiger partial charge < -0.3 is 4.74 Å². The van der Waals surface area contributed by atoms with Crippen LogP contribution in [0, 0.1) is 5.92 Å². The van der Waals surface area contributed by atoms with Crippen molar-refractivity contribution in [2.24, 2.45) is 5.92 Å². The minimum Gasteiger partial charge on any atom is -0.465 e. The molecule has 1 aliphatic heterocycles. The van der Waals surface area contributed by atoms with E-state index in [9.17, 15) is 9.59 Å². The summed E-state index contributed by atoms with van der Waals surface area (Å²) < 4.78 is 5.00. The first kappa shape index (κ1) is 15.9. The van der Waals surface area contributed by atoms with E-state index in [2.05, 4.69) is 6.92 Å². The van der Waals surface area contributed by atoms with Gasteiger partial charge in [0, 0.05) is 16.8 Å². The van der Waals surface area contributed by atoms with E-state index >= 15 is 0 Å². The second kappa shape index (κ2) is 8.10. The van der Waals surface area contributed by atoms with Gasteiger partial charge in [-0.15, -0.1) is 11.8 Å². The summed E-state index contributed by atoms with van der Waals surface area (Å²) in [5.41, 5.74) is 0. The fourth-order valence-electron chi connectivity index (χ4n) is 2.09. The summed E-state index contributed by atoms with van der Waals surface area (Å²) in [6.07, 6.45) is 1.52. The lowest BCUT2D eigenvalue weighted by atomic mass is 9.96. The van der Waals surface area contributed by atoms with Crippen LogP contribution in [0.5, 0.6) is 0 Å². The predicted molar refractivity (Wildman–Crippen MR) is 78.2 cm³/mol. The summed E-state index contributed by atoms with van der Waals surface area (Å²) in [4.78, 5) is 24.3. The fraction of sp³-hybridized carbons (Fsp3) is 0.846. The van der Waals surface area contributed by atoms with Crippen molar-refractivity contribution in [2.75, 3.05) is 18.1 Å². The minimum atomic E-state index is -0.574. The highest BCUT2D eigenvalue weighted by Gasteiger charge is 2.37. The number of hydrogen-bond donors (Lipinski definition) is 0. The molecular weight excluding hydrogens is 268 g/mol. The summed E-state index contributed by atoms with van der Waals surface area (Å²) in [7, 11) is 0. The summed E-state index contributed by atoms with van der Waals surface area (Å²) in [5.74, 6) is 1.24. The molecule has 3 nitrogen and oxygen atoms in total. The van der Waals surface area contributed by atoms with E-state index in [4.69, 9.17) is 4.74 Å². The second-order valence-corrected chi connectivity index (χ2v) is 6.82. The molecule has 104 valence electrons. The largest absolute Gasteiger partial charge is 0.465 e. The molecule has 18 heavy (non-hydrogen) atoms. The molecular formula is C13H22O3S2. The van der Waals surface area contributed by atoms with Crippen LogP contribution >= 0.6 is 23.5 Å². The summed E-state index contributed by atoms with van der Waals surface area (Å²) in [5, 5.41) is 0.308. The number of carbonyl (C=O) groups excluding carboxylic acids is 2. The van der Waals surface area contributed by atoms with Gasteiger partial charge in [0.05, 0.1) is 11.9 Å². The number of thioether (sulfide) groups is 2. The Morgan fingerprint density at radius 3 is 2.44 bits per heavy atom. The first-order chi connectivity index (χ1) is 8.65. The lowest BCUT2D eigenvalue weighted by molar-refractivity contribution is -0.151. The van der Waals surface area contributed by atoms with E-state index in [-0.39, 0.29) is 17.0 Å². The van der Waals surface area contributed by atoms with Crippen molar-refractivity contribution in [3.05, 3.63) is 0 Å². The Bertz CT molecular complexity index is 294. The standard InChI is InChI=1S/C13H22O3S2/c1-4-9(13(15)16-6-3)11(14)12-10(5-2)17-7-8-18-12/h9-10,12H,4-8H2,1-3H3. The van der Waals surface area contributed by atoms with Gasteiger partial charge in [0.2, 0.25) is 0 Å². The molecule has 3 atom stereocenters. The fourth-order valence-corrected chi connectivity index (χ4v) is 5.17. The number of esters is 1. The molecule has 1 rings (SSSR count). The van der Waals surface area contributed by atoms with Crippen LogP contribution in [-0.2, 0) is 14.3 Å². The SMILES string of the molecule is CCOC(=O)C(CC)C(=O)C1SCCSC1CC. The molecule has 0 N–H and O–H groups in total. The number of ether oxygens (including phenoxy) is 1. The first-order valence-corrected chi connectivity index (χ1v) is 8.68. The van der Waals surface area contributed by atoms with Crippen molar-refractivity contribution < 1.29 is 14.3 Å². The highest BCUT2D eigenvalue weighted by Crippen LogP contribution is 2.35. The average molecular weight is 290 g/mol. The van der Waals surface area contributed by atoms with Gasteiger partial charge in [-0.05, 0) is 19.8 Å². The summed E-state index contributed by atoms with van der Waals surface area (Å²) >= 11 is 3.56. The van der Waals surface area contributed by atoms with Gasteiger partial charge in [0.15, 0.2) is 5.78 Å². The van der Waals surface area contributed by atoms with Crippen LogP contribution in [0.15, 0.2) is 0 Å². The molecule has 0 saturated carbocycles. The third-order valence-corrected chi connectivity index (χ3v) is 6.32. The maximum atomic E-state index is 12.5. The minimum absolute atomic E-state index is 0.0388. The molecule has 1 heterocycles. The molecule has 0 radical (unpaired) electrons. The van der Waals surface area contributed by atoms with Crippen LogP contribution in [0.3, 0.4) is 0 Å². The predicted octanol–water partition coefficient (Wildman–Crippen LogP) is 2.77. The van der Waals surface area contributed by atoms with Gasteiger partial charge in [-0.2, -0.15) is 11.8 Å². The van der Waals surface area contributed by atoms with E-state index in [1.54, 1.807) is 18.7 Å². The highest BCUT2D eigenvalue weighted by molar-refractivity contribution is 8.07. The number of Topliss-reactive ketones (excluding diaryl/α,β-unsaturated/α-hetero) is 1. The van der Waals surface area contributed by atoms with Crippen LogP contribution < -0.4 is 0 Å². The number of carbonyl (C=O) groups is 2. The Morgan fingerprint density at radius 2 is 1.89 bits per heavy atom. The van der Waals surface area contributed by atoms with Crippen LogP contribution in [0.1, 0.15) is 33.6 Å². The van der Waals surface area contributed by atoms with E-state index in [1.807, 2.05) is 18.7 Å². The van der Waals surface area contributed by atoms with E-state index < -0.39 is 5.92 Å². The average Bonchev–Trinajstić information content (AvgIpc) is 2.39. The van der Waals surface area contributed by atoms with Crippen molar-refractivity contribution in [3.63, 3.8) is 0 Å². The van der Waals surface area contributed by atoms with E-state index in [0.717, 1.165) is 17.9 Å². The quantitative estimate of drug-likeness (QED) is 0.556. The smallest absolute Gasteiger partial charge is 0.316 e. The maximum Gasteiger partial charge on any atom is 0.316 e. The summed E-state index contributed by atoms with van der Waals surface area (Å²) in [6, 6.07) is 0. The molecule has 0 aliphatic carbocycles. The van der Waals surface area contributed by atoms with Crippen molar-refractivity contribution >= 4 is 35.3 Å². The van der Waals surface area contributed by atoms with Crippen molar-refractivity contribution in [2.45, 2.75) is 44.1 Å². The molecule has 0 aromatic carbocycles. The van der Waals surface area contributed by atoms with Crippen molar-refractivity contribution in [3.8, 4) is 0 Å². The molecule has 1 saturated heterocycles. The Morgan fingerprint density at radius 1 is 1.22 bits per heavy atom. The van der Waals surface area contributed by atoms with Crippen LogP contribution in [0.25, 0.3) is 0 Å². The third-order valence-electron chi connectivity index (χ3n) is 3.06. The Hall–Kier alpha value is -0.160. The molecule has 0 bridgehead atoms. The van der Waals surface area contributed by atoms with Gasteiger partial charge in [0.25, 0.3) is 0 Å². The molecule has 1 aliphatic rings. The molecule has 3 unspecified atom stereocenters. The molecule has 0 amide bonds. The van der Waals surface area contributed by atoms with Gasteiger partial charge in [-0.25, -0.2) is 0 Å². The van der Waals surface area contributed by atoms with Crippen LogP contribution in [0.4, 0.5) is 0 Å². The molecule has 0 aromatic rings. The molecule has 1 fully saturated rings. The Balaban J connectivity index is 2.72. The van der Waals surface area contributed by atoms with E-state index in [1.165, 1.54) is 0 Å². The zero-order valence-corrected chi connectivity index (χ0v) is 12.9.